The second-order valence-corrected chi connectivity index (χ2v) is 9.53. The fourth-order valence-corrected chi connectivity index (χ4v) is 4.82. The third-order valence-corrected chi connectivity index (χ3v) is 7.10. The van der Waals surface area contributed by atoms with Crippen LogP contribution in [0.25, 0.3) is 0 Å². The molecule has 0 radical (unpaired) electrons. The number of rotatable bonds is 8. The first-order chi connectivity index (χ1) is 19.3. The Morgan fingerprint density at radius 2 is 1.55 bits per heavy atom. The highest BCUT2D eigenvalue weighted by Crippen LogP contribution is 2.28. The van der Waals surface area contributed by atoms with E-state index in [0.29, 0.717) is 67.4 Å². The average molecular weight is 547 g/mol. The van der Waals surface area contributed by atoms with Gasteiger partial charge >= 0.3 is 0 Å². The van der Waals surface area contributed by atoms with Gasteiger partial charge in [0.25, 0.3) is 17.7 Å². The summed E-state index contributed by atoms with van der Waals surface area (Å²) in [5, 5.41) is 2.83. The van der Waals surface area contributed by atoms with Crippen LogP contribution in [0.2, 0.25) is 0 Å². The Balaban J connectivity index is 1.56. The van der Waals surface area contributed by atoms with Gasteiger partial charge in [-0.25, -0.2) is 4.39 Å². The molecule has 8 nitrogen and oxygen atoms in total. The fourth-order valence-electron chi connectivity index (χ4n) is 4.82. The summed E-state index contributed by atoms with van der Waals surface area (Å²) in [6, 6.07) is 17.7. The van der Waals surface area contributed by atoms with Gasteiger partial charge in [0.2, 0.25) is 0 Å². The standard InChI is InChI=1S/C31H35FN4O4/c1-4-34(5-2)31(39)27-21-25(33-29(37)22-7-11-24(32)12-8-22)13-16-28(27)35-17-6-18-36(20-19-35)30(38)23-9-14-26(40-3)15-10-23/h7-16,21H,4-6,17-20H2,1-3H3,(H,33,37). The summed E-state index contributed by atoms with van der Waals surface area (Å²) in [6.45, 7) is 7.29. The minimum absolute atomic E-state index is 0.0391. The van der Waals surface area contributed by atoms with Crippen molar-refractivity contribution >= 4 is 29.1 Å². The highest BCUT2D eigenvalue weighted by Gasteiger charge is 2.25. The largest absolute Gasteiger partial charge is 0.497 e. The number of halogens is 1. The number of carbonyl (C=O) groups is 3. The number of ether oxygens (including phenoxy) is 1. The van der Waals surface area contributed by atoms with Crippen LogP contribution in [0.1, 0.15) is 51.3 Å². The maximum absolute atomic E-state index is 13.6. The van der Waals surface area contributed by atoms with Crippen molar-refractivity contribution in [1.29, 1.82) is 0 Å². The zero-order valence-corrected chi connectivity index (χ0v) is 23.2. The van der Waals surface area contributed by atoms with Gasteiger partial charge in [-0.15, -0.1) is 0 Å². The third kappa shape index (κ3) is 6.59. The molecule has 1 aliphatic heterocycles. The molecule has 0 saturated carbocycles. The Kier molecular flexibility index (Phi) is 9.37. The van der Waals surface area contributed by atoms with E-state index >= 15 is 0 Å². The fraction of sp³-hybridized carbons (Fsp3) is 0.323. The Hall–Kier alpha value is -4.40. The van der Waals surface area contributed by atoms with Crippen LogP contribution in [-0.2, 0) is 0 Å². The molecule has 3 aromatic rings. The predicted octanol–water partition coefficient (Wildman–Crippen LogP) is 4.92. The lowest BCUT2D eigenvalue weighted by Crippen LogP contribution is -2.36. The lowest BCUT2D eigenvalue weighted by molar-refractivity contribution is 0.0760. The first-order valence-electron chi connectivity index (χ1n) is 13.5. The molecular weight excluding hydrogens is 511 g/mol. The predicted molar refractivity (Wildman–Crippen MR) is 154 cm³/mol. The Morgan fingerprint density at radius 3 is 2.20 bits per heavy atom. The molecule has 0 aliphatic carbocycles. The molecule has 40 heavy (non-hydrogen) atoms. The van der Waals surface area contributed by atoms with E-state index < -0.39 is 11.7 Å². The molecule has 0 unspecified atom stereocenters. The second-order valence-electron chi connectivity index (χ2n) is 9.53. The van der Waals surface area contributed by atoms with Gasteiger partial charge in [-0.1, -0.05) is 0 Å². The van der Waals surface area contributed by atoms with Crippen LogP contribution in [-0.4, -0.2) is 73.9 Å². The summed E-state index contributed by atoms with van der Waals surface area (Å²) >= 11 is 0. The quantitative estimate of drug-likeness (QED) is 0.434. The second kappa shape index (κ2) is 13.1. The molecule has 3 aromatic carbocycles. The van der Waals surface area contributed by atoms with Gasteiger partial charge in [0, 0.05) is 61.8 Å². The number of hydrogen-bond donors (Lipinski definition) is 1. The summed E-state index contributed by atoms with van der Waals surface area (Å²) in [5.41, 5.74) is 2.63. The minimum Gasteiger partial charge on any atom is -0.497 e. The zero-order chi connectivity index (χ0) is 28.6. The monoisotopic (exact) mass is 546 g/mol. The number of nitrogens with one attached hydrogen (secondary N) is 1. The van der Waals surface area contributed by atoms with Gasteiger partial charge in [0.05, 0.1) is 12.7 Å². The highest BCUT2D eigenvalue weighted by atomic mass is 19.1. The van der Waals surface area contributed by atoms with Crippen molar-refractivity contribution in [2.75, 3.05) is 56.6 Å². The van der Waals surface area contributed by atoms with E-state index in [1.54, 1.807) is 48.4 Å². The average Bonchev–Trinajstić information content (AvgIpc) is 3.24. The number of amides is 3. The molecule has 0 bridgehead atoms. The molecular formula is C31H35FN4O4. The lowest BCUT2D eigenvalue weighted by Gasteiger charge is -2.28. The molecule has 9 heteroatoms. The summed E-state index contributed by atoms with van der Waals surface area (Å²) in [5.74, 6) is -0.288. The van der Waals surface area contributed by atoms with E-state index in [2.05, 4.69) is 10.2 Å². The van der Waals surface area contributed by atoms with E-state index in [1.807, 2.05) is 24.8 Å². The van der Waals surface area contributed by atoms with Crippen LogP contribution in [0.4, 0.5) is 15.8 Å². The summed E-state index contributed by atoms with van der Waals surface area (Å²) < 4.78 is 18.5. The van der Waals surface area contributed by atoms with Crippen LogP contribution in [0.3, 0.4) is 0 Å². The number of methoxy groups -OCH3 is 1. The first kappa shape index (κ1) is 28.6. The van der Waals surface area contributed by atoms with Crippen LogP contribution >= 0.6 is 0 Å². The molecule has 1 heterocycles. The van der Waals surface area contributed by atoms with E-state index in [9.17, 15) is 18.8 Å². The molecule has 0 aromatic heterocycles. The molecule has 4 rings (SSSR count). The van der Waals surface area contributed by atoms with Gasteiger partial charge < -0.3 is 24.8 Å². The number of carbonyl (C=O) groups excluding carboxylic acids is 3. The van der Waals surface area contributed by atoms with Crippen molar-refractivity contribution < 1.29 is 23.5 Å². The smallest absolute Gasteiger partial charge is 0.256 e. The molecule has 0 spiro atoms. The van der Waals surface area contributed by atoms with Gasteiger partial charge in [0.15, 0.2) is 0 Å². The van der Waals surface area contributed by atoms with Crippen molar-refractivity contribution in [1.82, 2.24) is 9.80 Å². The molecule has 0 atom stereocenters. The van der Waals surface area contributed by atoms with Gasteiger partial charge in [-0.3, -0.25) is 14.4 Å². The van der Waals surface area contributed by atoms with E-state index in [0.717, 1.165) is 12.1 Å². The van der Waals surface area contributed by atoms with E-state index in [1.165, 1.54) is 24.3 Å². The van der Waals surface area contributed by atoms with Crippen molar-refractivity contribution in [3.05, 3.63) is 89.2 Å². The summed E-state index contributed by atoms with van der Waals surface area (Å²) in [7, 11) is 1.59. The van der Waals surface area contributed by atoms with E-state index in [-0.39, 0.29) is 11.8 Å². The van der Waals surface area contributed by atoms with Crippen molar-refractivity contribution in [2.45, 2.75) is 20.3 Å². The van der Waals surface area contributed by atoms with Crippen molar-refractivity contribution in [3.63, 3.8) is 0 Å². The number of anilines is 2. The number of hydrogen-bond acceptors (Lipinski definition) is 5. The maximum Gasteiger partial charge on any atom is 0.256 e. The van der Waals surface area contributed by atoms with Crippen LogP contribution in [0, 0.1) is 5.82 Å². The molecule has 210 valence electrons. The Labute approximate surface area is 234 Å². The highest BCUT2D eigenvalue weighted by molar-refractivity contribution is 6.06. The van der Waals surface area contributed by atoms with Crippen molar-refractivity contribution in [2.24, 2.45) is 0 Å². The third-order valence-electron chi connectivity index (χ3n) is 7.10. The van der Waals surface area contributed by atoms with Crippen LogP contribution in [0.5, 0.6) is 5.75 Å². The zero-order valence-electron chi connectivity index (χ0n) is 23.2. The van der Waals surface area contributed by atoms with Crippen LogP contribution in [0.15, 0.2) is 66.7 Å². The van der Waals surface area contributed by atoms with Gasteiger partial charge in [-0.05, 0) is 87.0 Å². The minimum atomic E-state index is -0.422. The topological polar surface area (TPSA) is 82.2 Å². The molecule has 1 N–H and O–H groups in total. The summed E-state index contributed by atoms with van der Waals surface area (Å²) in [4.78, 5) is 45.2. The number of nitrogens with zero attached hydrogens (tertiary/aromatic N) is 3. The van der Waals surface area contributed by atoms with Gasteiger partial charge in [-0.2, -0.15) is 0 Å². The Bertz CT molecular complexity index is 1340. The van der Waals surface area contributed by atoms with E-state index in [4.69, 9.17) is 4.74 Å². The first-order valence-corrected chi connectivity index (χ1v) is 13.5. The molecule has 1 fully saturated rings. The van der Waals surface area contributed by atoms with Crippen molar-refractivity contribution in [3.8, 4) is 5.75 Å². The van der Waals surface area contributed by atoms with Gasteiger partial charge in [0.1, 0.15) is 11.6 Å². The summed E-state index contributed by atoms with van der Waals surface area (Å²) in [6.07, 6.45) is 0.740. The SMILES string of the molecule is CCN(CC)C(=O)c1cc(NC(=O)c2ccc(F)cc2)ccc1N1CCCN(C(=O)c2ccc(OC)cc2)CC1. The van der Waals surface area contributed by atoms with Crippen LogP contribution < -0.4 is 15.0 Å². The Morgan fingerprint density at radius 1 is 0.875 bits per heavy atom. The molecule has 1 saturated heterocycles. The molecule has 1 aliphatic rings. The number of benzene rings is 3. The maximum atomic E-state index is 13.6. The lowest BCUT2D eigenvalue weighted by atomic mass is 10.1. The molecule has 3 amide bonds. The normalized spacial score (nSPS) is 13.4.